The fourth-order valence-electron chi connectivity index (χ4n) is 1.93. The van der Waals surface area contributed by atoms with Gasteiger partial charge in [0.15, 0.2) is 6.10 Å². The molecule has 0 radical (unpaired) electrons. The Morgan fingerprint density at radius 3 is 3.06 bits per heavy atom. The minimum Gasteiger partial charge on any atom is -0.479 e. The molecule has 5 heteroatoms. The van der Waals surface area contributed by atoms with Crippen molar-refractivity contribution in [2.45, 2.75) is 31.4 Å². The number of rotatable bonds is 3. The van der Waals surface area contributed by atoms with Gasteiger partial charge in [-0.3, -0.25) is 4.79 Å². The number of hydrogen-bond donors (Lipinski definition) is 3. The quantitative estimate of drug-likeness (QED) is 0.752. The van der Waals surface area contributed by atoms with E-state index in [9.17, 15) is 4.79 Å². The van der Waals surface area contributed by atoms with E-state index in [2.05, 4.69) is 10.6 Å². The summed E-state index contributed by atoms with van der Waals surface area (Å²) >= 11 is 0. The second-order valence-electron chi connectivity index (χ2n) is 5.18. The number of anilines is 2. The Kier molecular flexibility index (Phi) is 2.45. The van der Waals surface area contributed by atoms with Crippen LogP contribution in [0.1, 0.15) is 19.8 Å². The number of amides is 1. The Labute approximate surface area is 106 Å². The molecule has 18 heavy (non-hydrogen) atoms. The van der Waals surface area contributed by atoms with E-state index in [0.29, 0.717) is 11.4 Å². The average Bonchev–Trinajstić information content (AvgIpc) is 3.07. The van der Waals surface area contributed by atoms with Crippen molar-refractivity contribution in [1.82, 2.24) is 0 Å². The van der Waals surface area contributed by atoms with Crippen LogP contribution in [0.25, 0.3) is 0 Å². The van der Waals surface area contributed by atoms with Gasteiger partial charge in [-0.05, 0) is 38.0 Å². The lowest BCUT2D eigenvalue weighted by Gasteiger charge is -2.24. The molecule has 1 saturated carbocycles. The van der Waals surface area contributed by atoms with E-state index < -0.39 is 6.10 Å². The number of ether oxygens (including phenoxy) is 1. The summed E-state index contributed by atoms with van der Waals surface area (Å²) in [6.07, 6.45) is 1.71. The number of nitrogens with one attached hydrogen (secondary N) is 2. The second kappa shape index (κ2) is 3.88. The summed E-state index contributed by atoms with van der Waals surface area (Å²) in [5.74, 6) is 0.596. The monoisotopic (exact) mass is 247 g/mol. The van der Waals surface area contributed by atoms with Gasteiger partial charge in [-0.2, -0.15) is 0 Å². The van der Waals surface area contributed by atoms with Gasteiger partial charge < -0.3 is 21.1 Å². The first-order chi connectivity index (χ1) is 8.56. The smallest absolute Gasteiger partial charge is 0.265 e. The third-order valence-electron chi connectivity index (χ3n) is 3.45. The van der Waals surface area contributed by atoms with E-state index in [4.69, 9.17) is 10.5 Å². The molecular weight excluding hydrogens is 230 g/mol. The molecule has 1 amide bonds. The highest BCUT2D eigenvalue weighted by Gasteiger charge is 2.37. The van der Waals surface area contributed by atoms with Gasteiger partial charge in [-0.15, -0.1) is 0 Å². The highest BCUT2D eigenvalue weighted by molar-refractivity contribution is 5.98. The summed E-state index contributed by atoms with van der Waals surface area (Å²) in [7, 11) is 0. The molecule has 1 aliphatic heterocycles. The molecule has 3 rings (SSSR count). The Morgan fingerprint density at radius 2 is 2.33 bits per heavy atom. The van der Waals surface area contributed by atoms with E-state index in [-0.39, 0.29) is 11.4 Å². The normalized spacial score (nSPS) is 23.7. The number of fused-ring (bicyclic) bond motifs is 1. The van der Waals surface area contributed by atoms with Gasteiger partial charge >= 0.3 is 0 Å². The van der Waals surface area contributed by atoms with Gasteiger partial charge in [0.25, 0.3) is 5.91 Å². The minimum atomic E-state index is -0.435. The molecule has 1 aromatic carbocycles. The number of carbonyl (C=O) groups is 1. The lowest BCUT2D eigenvalue weighted by atomic mass is 10.2. The van der Waals surface area contributed by atoms with Crippen molar-refractivity contribution < 1.29 is 9.53 Å². The molecule has 0 saturated heterocycles. The highest BCUT2D eigenvalue weighted by Crippen LogP contribution is 2.34. The fourth-order valence-corrected chi connectivity index (χ4v) is 1.93. The lowest BCUT2D eigenvalue weighted by Crippen LogP contribution is -2.34. The molecule has 1 unspecified atom stereocenters. The molecule has 4 N–H and O–H groups in total. The second-order valence-corrected chi connectivity index (χ2v) is 5.18. The molecule has 5 nitrogen and oxygen atoms in total. The van der Waals surface area contributed by atoms with Gasteiger partial charge in [-0.1, -0.05) is 0 Å². The molecule has 96 valence electrons. The number of nitrogens with two attached hydrogens (primary N) is 1. The van der Waals surface area contributed by atoms with Crippen LogP contribution < -0.4 is 21.1 Å². The summed E-state index contributed by atoms with van der Waals surface area (Å²) in [4.78, 5) is 11.5. The number of benzene rings is 1. The van der Waals surface area contributed by atoms with Crippen molar-refractivity contribution >= 4 is 17.3 Å². The zero-order valence-corrected chi connectivity index (χ0v) is 10.3. The van der Waals surface area contributed by atoms with Crippen LogP contribution in [0, 0.1) is 0 Å². The van der Waals surface area contributed by atoms with Crippen molar-refractivity contribution in [3.8, 4) is 5.75 Å². The molecule has 0 spiro atoms. The Bertz CT molecular complexity index is 497. The van der Waals surface area contributed by atoms with Gasteiger partial charge in [0, 0.05) is 17.8 Å². The topological polar surface area (TPSA) is 76.4 Å². The fraction of sp³-hybridized carbons (Fsp3) is 0.462. The van der Waals surface area contributed by atoms with Crippen LogP contribution >= 0.6 is 0 Å². The van der Waals surface area contributed by atoms with Gasteiger partial charge in [0.1, 0.15) is 5.75 Å². The van der Waals surface area contributed by atoms with Crippen molar-refractivity contribution in [3.05, 3.63) is 18.2 Å². The van der Waals surface area contributed by atoms with Crippen LogP contribution in [0.2, 0.25) is 0 Å². The summed E-state index contributed by atoms with van der Waals surface area (Å²) in [6, 6.07) is 5.68. The molecule has 1 heterocycles. The molecule has 1 aliphatic carbocycles. The zero-order valence-electron chi connectivity index (χ0n) is 10.3. The standard InChI is InChI=1S/C13H17N3O2/c1-8-12(17)16-10-6-9(2-3-11(10)18-8)15-7-13(14)4-5-13/h2-3,6,8,15H,4-5,7,14H2,1H3,(H,16,17). The van der Waals surface area contributed by atoms with Crippen LogP contribution in [0.3, 0.4) is 0 Å². The predicted molar refractivity (Wildman–Crippen MR) is 69.8 cm³/mol. The van der Waals surface area contributed by atoms with E-state index in [1.807, 2.05) is 18.2 Å². The van der Waals surface area contributed by atoms with Crippen LogP contribution in [0.5, 0.6) is 5.75 Å². The number of hydrogen-bond acceptors (Lipinski definition) is 4. The van der Waals surface area contributed by atoms with E-state index in [1.165, 1.54) is 0 Å². The highest BCUT2D eigenvalue weighted by atomic mass is 16.5. The van der Waals surface area contributed by atoms with Gasteiger partial charge in [-0.25, -0.2) is 0 Å². The van der Waals surface area contributed by atoms with Gasteiger partial charge in [0.05, 0.1) is 5.69 Å². The van der Waals surface area contributed by atoms with Crippen molar-refractivity contribution in [3.63, 3.8) is 0 Å². The van der Waals surface area contributed by atoms with Crippen LogP contribution in [-0.4, -0.2) is 24.1 Å². The minimum absolute atomic E-state index is 0.0375. The van der Waals surface area contributed by atoms with Crippen LogP contribution in [-0.2, 0) is 4.79 Å². The number of carbonyl (C=O) groups excluding carboxylic acids is 1. The maximum Gasteiger partial charge on any atom is 0.265 e. The SMILES string of the molecule is CC1Oc2ccc(NCC3(N)CC3)cc2NC1=O. The van der Waals surface area contributed by atoms with E-state index >= 15 is 0 Å². The Balaban J connectivity index is 1.74. The average molecular weight is 247 g/mol. The lowest BCUT2D eigenvalue weighted by molar-refractivity contribution is -0.122. The van der Waals surface area contributed by atoms with Crippen LogP contribution in [0.15, 0.2) is 18.2 Å². The largest absolute Gasteiger partial charge is 0.479 e. The molecule has 1 atom stereocenters. The molecule has 1 fully saturated rings. The molecule has 2 aliphatic rings. The molecular formula is C13H17N3O2. The summed E-state index contributed by atoms with van der Waals surface area (Å²) in [6.45, 7) is 2.49. The first-order valence-corrected chi connectivity index (χ1v) is 6.20. The Morgan fingerprint density at radius 1 is 1.56 bits per heavy atom. The van der Waals surface area contributed by atoms with Crippen molar-refractivity contribution in [2.75, 3.05) is 17.2 Å². The molecule has 0 bridgehead atoms. The Hall–Kier alpha value is -1.75. The van der Waals surface area contributed by atoms with Crippen molar-refractivity contribution in [1.29, 1.82) is 0 Å². The molecule has 1 aromatic rings. The van der Waals surface area contributed by atoms with E-state index in [0.717, 1.165) is 25.1 Å². The first-order valence-electron chi connectivity index (χ1n) is 6.20. The third-order valence-corrected chi connectivity index (χ3v) is 3.45. The zero-order chi connectivity index (χ0) is 12.8. The molecule has 0 aromatic heterocycles. The van der Waals surface area contributed by atoms with Crippen LogP contribution in [0.4, 0.5) is 11.4 Å². The first kappa shape index (κ1) is 11.3. The summed E-state index contributed by atoms with van der Waals surface area (Å²) in [5.41, 5.74) is 7.64. The predicted octanol–water partition coefficient (Wildman–Crippen LogP) is 1.31. The van der Waals surface area contributed by atoms with Crippen molar-refractivity contribution in [2.24, 2.45) is 5.73 Å². The van der Waals surface area contributed by atoms with E-state index in [1.54, 1.807) is 6.92 Å². The maximum absolute atomic E-state index is 11.5. The third kappa shape index (κ3) is 2.13. The summed E-state index contributed by atoms with van der Waals surface area (Å²) in [5, 5.41) is 6.12. The maximum atomic E-state index is 11.5. The summed E-state index contributed by atoms with van der Waals surface area (Å²) < 4.78 is 5.49. The van der Waals surface area contributed by atoms with Gasteiger partial charge in [0.2, 0.25) is 0 Å².